The highest BCUT2D eigenvalue weighted by atomic mass is 32.1. The highest BCUT2D eigenvalue weighted by molar-refractivity contribution is 7.21. The van der Waals surface area contributed by atoms with Gasteiger partial charge in [0.1, 0.15) is 9.71 Å². The molecule has 3 aromatic rings. The second kappa shape index (κ2) is 6.28. The molecule has 1 unspecified atom stereocenters. The smallest absolute Gasteiger partial charge is 0.263 e. The third kappa shape index (κ3) is 2.96. The van der Waals surface area contributed by atoms with Crippen LogP contribution in [0.5, 0.6) is 0 Å². The van der Waals surface area contributed by atoms with E-state index in [1.54, 1.807) is 0 Å². The number of ether oxygens (including phenoxy) is 1. The van der Waals surface area contributed by atoms with E-state index in [1.165, 1.54) is 22.5 Å². The van der Waals surface area contributed by atoms with E-state index in [1.807, 2.05) is 0 Å². The number of hydrogen-bond acceptors (Lipinski definition) is 5. The number of nitrogens with zero attached hydrogens (tertiary/aromatic N) is 1. The van der Waals surface area contributed by atoms with Gasteiger partial charge in [0, 0.05) is 23.9 Å². The van der Waals surface area contributed by atoms with Gasteiger partial charge in [-0.1, -0.05) is 6.07 Å². The largest absolute Gasteiger partial charge is 0.397 e. The molecule has 1 amide bonds. The predicted octanol–water partition coefficient (Wildman–Crippen LogP) is 3.56. The normalized spacial score (nSPS) is 17.4. The van der Waals surface area contributed by atoms with Crippen LogP contribution in [0, 0.1) is 13.8 Å². The minimum Gasteiger partial charge on any atom is -0.397 e. The van der Waals surface area contributed by atoms with Gasteiger partial charge in [-0.2, -0.15) is 0 Å². The van der Waals surface area contributed by atoms with Crippen molar-refractivity contribution in [2.75, 3.05) is 18.9 Å². The molecule has 1 saturated heterocycles. The summed E-state index contributed by atoms with van der Waals surface area (Å²) in [5.74, 6) is -0.145. The van der Waals surface area contributed by atoms with Gasteiger partial charge in [0.05, 0.1) is 17.3 Å². The Morgan fingerprint density at radius 1 is 1.36 bits per heavy atom. The fraction of sp³-hybridized carbons (Fsp3) is 0.368. The Labute approximate surface area is 150 Å². The number of aromatic nitrogens is 1. The van der Waals surface area contributed by atoms with Crippen molar-refractivity contribution in [3.63, 3.8) is 0 Å². The van der Waals surface area contributed by atoms with Crippen molar-refractivity contribution in [1.82, 2.24) is 10.3 Å². The lowest BCUT2D eigenvalue weighted by Crippen LogP contribution is -2.31. The number of pyridine rings is 1. The highest BCUT2D eigenvalue weighted by Gasteiger charge is 2.21. The average molecular weight is 355 g/mol. The fourth-order valence-electron chi connectivity index (χ4n) is 3.42. The van der Waals surface area contributed by atoms with Gasteiger partial charge in [0.2, 0.25) is 0 Å². The summed E-state index contributed by atoms with van der Waals surface area (Å²) in [5, 5.41) is 4.87. The van der Waals surface area contributed by atoms with E-state index in [4.69, 9.17) is 15.5 Å². The summed E-state index contributed by atoms with van der Waals surface area (Å²) in [5.41, 5.74) is 10.1. The number of carbonyl (C=O) groups excluding carboxylic acids is 1. The fourth-order valence-corrected chi connectivity index (χ4v) is 4.42. The van der Waals surface area contributed by atoms with Crippen LogP contribution in [0.1, 0.15) is 33.6 Å². The SMILES string of the molecule is Cc1cc(C)c2cc3c(N)c(C(=O)NCC4CCCO4)sc3nc2c1. The molecule has 1 aromatic carbocycles. The molecule has 1 aliphatic rings. The summed E-state index contributed by atoms with van der Waals surface area (Å²) in [6.07, 6.45) is 2.17. The zero-order chi connectivity index (χ0) is 17.6. The van der Waals surface area contributed by atoms with Crippen molar-refractivity contribution < 1.29 is 9.53 Å². The van der Waals surface area contributed by atoms with Gasteiger partial charge in [-0.05, 0) is 49.9 Å². The third-order valence-electron chi connectivity index (χ3n) is 4.70. The van der Waals surface area contributed by atoms with Gasteiger partial charge < -0.3 is 15.8 Å². The molecule has 3 N–H and O–H groups in total. The lowest BCUT2D eigenvalue weighted by molar-refractivity contribution is 0.0862. The summed E-state index contributed by atoms with van der Waals surface area (Å²) in [7, 11) is 0. The average Bonchev–Trinajstić information content (AvgIpc) is 3.19. The Morgan fingerprint density at radius 3 is 2.96 bits per heavy atom. The molecule has 4 rings (SSSR count). The van der Waals surface area contributed by atoms with Crippen LogP contribution in [-0.2, 0) is 4.74 Å². The summed E-state index contributed by atoms with van der Waals surface area (Å²) in [6.45, 7) is 5.44. The second-order valence-corrected chi connectivity index (χ2v) is 7.68. The molecule has 0 saturated carbocycles. The Hall–Kier alpha value is -2.18. The van der Waals surface area contributed by atoms with E-state index in [-0.39, 0.29) is 12.0 Å². The van der Waals surface area contributed by atoms with E-state index < -0.39 is 0 Å². The van der Waals surface area contributed by atoms with Crippen LogP contribution in [0.4, 0.5) is 5.69 Å². The number of nitrogens with one attached hydrogen (secondary N) is 1. The maximum absolute atomic E-state index is 12.5. The number of rotatable bonds is 3. The lowest BCUT2D eigenvalue weighted by Gasteiger charge is -2.10. The molecule has 1 fully saturated rings. The summed E-state index contributed by atoms with van der Waals surface area (Å²) in [6, 6.07) is 6.25. The maximum atomic E-state index is 12.5. The minimum absolute atomic E-state index is 0.117. The summed E-state index contributed by atoms with van der Waals surface area (Å²) in [4.78, 5) is 18.6. The molecule has 6 heteroatoms. The Balaban J connectivity index is 1.69. The molecule has 1 aliphatic heterocycles. The van der Waals surface area contributed by atoms with Crippen LogP contribution >= 0.6 is 11.3 Å². The highest BCUT2D eigenvalue weighted by Crippen LogP contribution is 2.35. The van der Waals surface area contributed by atoms with Crippen LogP contribution < -0.4 is 11.1 Å². The van der Waals surface area contributed by atoms with Gasteiger partial charge in [-0.25, -0.2) is 4.98 Å². The van der Waals surface area contributed by atoms with Gasteiger partial charge >= 0.3 is 0 Å². The second-order valence-electron chi connectivity index (χ2n) is 6.68. The standard InChI is InChI=1S/C19H21N3O2S/c1-10-6-11(2)13-8-14-16(20)17(25-19(14)22-15(13)7-10)18(23)21-9-12-4-3-5-24-12/h6-8,12H,3-5,9,20H2,1-2H3,(H,21,23). The number of benzene rings is 1. The Bertz CT molecular complexity index is 974. The molecule has 0 aliphatic carbocycles. The minimum atomic E-state index is -0.145. The van der Waals surface area contributed by atoms with Gasteiger partial charge in [0.25, 0.3) is 5.91 Å². The van der Waals surface area contributed by atoms with Crippen LogP contribution in [0.3, 0.4) is 0 Å². The zero-order valence-electron chi connectivity index (χ0n) is 14.4. The number of fused-ring (bicyclic) bond motifs is 2. The van der Waals surface area contributed by atoms with E-state index in [2.05, 4.69) is 37.4 Å². The van der Waals surface area contributed by atoms with Crippen LogP contribution in [0.2, 0.25) is 0 Å². The molecular weight excluding hydrogens is 334 g/mol. The third-order valence-corrected chi connectivity index (χ3v) is 5.82. The first-order valence-electron chi connectivity index (χ1n) is 8.52. The van der Waals surface area contributed by atoms with Gasteiger partial charge in [-0.3, -0.25) is 4.79 Å². The molecule has 1 atom stereocenters. The van der Waals surface area contributed by atoms with Crippen molar-refractivity contribution in [2.24, 2.45) is 0 Å². The topological polar surface area (TPSA) is 77.2 Å². The molecular formula is C19H21N3O2S. The Morgan fingerprint density at radius 2 is 2.20 bits per heavy atom. The monoisotopic (exact) mass is 355 g/mol. The van der Waals surface area contributed by atoms with E-state index in [0.29, 0.717) is 17.1 Å². The predicted molar refractivity (Wildman–Crippen MR) is 102 cm³/mol. The number of aryl methyl sites for hydroxylation is 2. The van der Waals surface area contributed by atoms with Gasteiger partial charge in [-0.15, -0.1) is 11.3 Å². The number of nitrogen functional groups attached to an aromatic ring is 1. The Kier molecular flexibility index (Phi) is 4.09. The van der Waals surface area contributed by atoms with E-state index in [9.17, 15) is 4.79 Å². The molecule has 5 nitrogen and oxygen atoms in total. The number of nitrogens with two attached hydrogens (primary N) is 1. The van der Waals surface area contributed by atoms with E-state index >= 15 is 0 Å². The number of hydrogen-bond donors (Lipinski definition) is 2. The van der Waals surface area contributed by atoms with Crippen LogP contribution in [0.15, 0.2) is 18.2 Å². The van der Waals surface area contributed by atoms with Crippen LogP contribution in [0.25, 0.3) is 21.1 Å². The number of amides is 1. The first kappa shape index (κ1) is 16.3. The molecule has 0 radical (unpaired) electrons. The number of carbonyl (C=O) groups is 1. The summed E-state index contributed by atoms with van der Waals surface area (Å²) < 4.78 is 5.55. The molecule has 130 valence electrons. The van der Waals surface area contributed by atoms with Crippen molar-refractivity contribution in [2.45, 2.75) is 32.8 Å². The quantitative estimate of drug-likeness (QED) is 0.753. The molecule has 0 spiro atoms. The lowest BCUT2D eigenvalue weighted by atomic mass is 10.1. The van der Waals surface area contributed by atoms with Crippen molar-refractivity contribution in [3.05, 3.63) is 34.2 Å². The first-order chi connectivity index (χ1) is 12.0. The zero-order valence-corrected chi connectivity index (χ0v) is 15.2. The molecule has 2 aromatic heterocycles. The van der Waals surface area contributed by atoms with Crippen molar-refractivity contribution in [1.29, 1.82) is 0 Å². The van der Waals surface area contributed by atoms with Gasteiger partial charge in [0.15, 0.2) is 0 Å². The number of anilines is 1. The van der Waals surface area contributed by atoms with Crippen LogP contribution in [-0.4, -0.2) is 30.1 Å². The molecule has 0 bridgehead atoms. The molecule has 3 heterocycles. The first-order valence-corrected chi connectivity index (χ1v) is 9.34. The van der Waals surface area contributed by atoms with Crippen molar-refractivity contribution in [3.8, 4) is 0 Å². The molecule has 25 heavy (non-hydrogen) atoms. The van der Waals surface area contributed by atoms with E-state index in [0.717, 1.165) is 40.6 Å². The maximum Gasteiger partial charge on any atom is 0.263 e. The summed E-state index contributed by atoms with van der Waals surface area (Å²) >= 11 is 1.35. The van der Waals surface area contributed by atoms with Crippen molar-refractivity contribution >= 4 is 44.1 Å². The number of thiophene rings is 1.